The van der Waals surface area contributed by atoms with Crippen molar-refractivity contribution in [1.29, 1.82) is 5.26 Å². The number of H-pyrrole nitrogens is 1. The molecule has 8 nitrogen and oxygen atoms in total. The molecule has 0 unspecified atom stereocenters. The normalized spacial score (nSPS) is 11.5. The zero-order valence-electron chi connectivity index (χ0n) is 15.2. The molecule has 0 amide bonds. The third-order valence-electron chi connectivity index (χ3n) is 4.38. The Bertz CT molecular complexity index is 1320. The topological polar surface area (TPSA) is 129 Å². The molecule has 0 fully saturated rings. The van der Waals surface area contributed by atoms with E-state index in [0.717, 1.165) is 16.6 Å². The summed E-state index contributed by atoms with van der Waals surface area (Å²) in [6.45, 7) is 1.97. The zero-order valence-corrected chi connectivity index (χ0v) is 15.2. The number of aromatic nitrogens is 2. The third-order valence-corrected chi connectivity index (χ3v) is 4.38. The molecule has 0 radical (unpaired) electrons. The Morgan fingerprint density at radius 1 is 1.28 bits per heavy atom. The van der Waals surface area contributed by atoms with Crippen molar-refractivity contribution in [2.24, 2.45) is 0 Å². The van der Waals surface area contributed by atoms with Gasteiger partial charge in [0.2, 0.25) is 0 Å². The van der Waals surface area contributed by atoms with E-state index >= 15 is 0 Å². The number of fused-ring (bicyclic) bond motifs is 1. The molecular weight excluding hydrogens is 372 g/mol. The number of nitriles is 1. The molecule has 0 spiro atoms. The van der Waals surface area contributed by atoms with Gasteiger partial charge in [-0.1, -0.05) is 6.07 Å². The average molecular weight is 386 g/mol. The number of hydrogen-bond acceptors (Lipinski definition) is 6. The van der Waals surface area contributed by atoms with Crippen LogP contribution < -0.4 is 0 Å². The number of aryl methyl sites for hydroxylation is 1. The van der Waals surface area contributed by atoms with Crippen LogP contribution in [0.3, 0.4) is 0 Å². The molecule has 0 saturated heterocycles. The number of aromatic hydroxyl groups is 1. The van der Waals surface area contributed by atoms with E-state index in [2.05, 4.69) is 16.0 Å². The molecule has 0 bridgehead atoms. The van der Waals surface area contributed by atoms with E-state index in [4.69, 9.17) is 4.42 Å². The minimum absolute atomic E-state index is 0.145. The maximum absolute atomic E-state index is 11.0. The molecule has 8 heteroatoms. The van der Waals surface area contributed by atoms with Gasteiger partial charge < -0.3 is 14.5 Å². The van der Waals surface area contributed by atoms with Gasteiger partial charge in [-0.25, -0.2) is 4.98 Å². The Morgan fingerprint density at radius 2 is 2.10 bits per heavy atom. The molecule has 4 rings (SSSR count). The molecular formula is C21H14N4O4. The van der Waals surface area contributed by atoms with Crippen molar-refractivity contribution in [2.45, 2.75) is 6.92 Å². The summed E-state index contributed by atoms with van der Waals surface area (Å²) in [5.41, 5.74) is 2.93. The van der Waals surface area contributed by atoms with Crippen molar-refractivity contribution in [3.63, 3.8) is 0 Å². The number of furan rings is 1. The first-order valence-electron chi connectivity index (χ1n) is 8.61. The standard InChI is InChI=1S/C21H14N4O4/c1-12-2-5-17-18(8-12)24-21(23-17)13(11-22)9-15-4-7-20(29-15)16-10-14(25(27)28)3-6-19(16)26/h2-10,26H,1H3,(H,23,24). The number of benzene rings is 2. The second kappa shape index (κ2) is 6.98. The molecule has 29 heavy (non-hydrogen) atoms. The fourth-order valence-corrected chi connectivity index (χ4v) is 2.96. The summed E-state index contributed by atoms with van der Waals surface area (Å²) in [6.07, 6.45) is 1.52. The van der Waals surface area contributed by atoms with Crippen molar-refractivity contribution < 1.29 is 14.4 Å². The monoisotopic (exact) mass is 386 g/mol. The van der Waals surface area contributed by atoms with Gasteiger partial charge in [-0.05, 0) is 42.8 Å². The predicted molar refractivity (Wildman–Crippen MR) is 107 cm³/mol. The highest BCUT2D eigenvalue weighted by Gasteiger charge is 2.15. The van der Waals surface area contributed by atoms with Gasteiger partial charge in [0.05, 0.1) is 27.1 Å². The minimum atomic E-state index is -0.552. The number of nitrogens with one attached hydrogen (secondary N) is 1. The highest BCUT2D eigenvalue weighted by atomic mass is 16.6. The average Bonchev–Trinajstić information content (AvgIpc) is 3.32. The first kappa shape index (κ1) is 18.0. The van der Waals surface area contributed by atoms with E-state index in [1.165, 1.54) is 24.3 Å². The Hall–Kier alpha value is -4.38. The maximum Gasteiger partial charge on any atom is 0.270 e. The second-order valence-corrected chi connectivity index (χ2v) is 6.44. The molecule has 2 aromatic heterocycles. The van der Waals surface area contributed by atoms with Crippen molar-refractivity contribution >= 4 is 28.4 Å². The van der Waals surface area contributed by atoms with Crippen molar-refractivity contribution in [3.8, 4) is 23.1 Å². The third kappa shape index (κ3) is 3.44. The largest absolute Gasteiger partial charge is 0.507 e. The zero-order chi connectivity index (χ0) is 20.5. The molecule has 2 aromatic carbocycles. The number of phenolic OH excluding ortho intramolecular Hbond substituents is 1. The van der Waals surface area contributed by atoms with Crippen LogP contribution >= 0.6 is 0 Å². The Kier molecular flexibility index (Phi) is 4.33. The molecule has 2 heterocycles. The number of nitro groups is 1. The summed E-state index contributed by atoms with van der Waals surface area (Å²) in [5.74, 6) is 0.854. The number of nitro benzene ring substituents is 1. The smallest absolute Gasteiger partial charge is 0.270 e. The molecule has 0 aliphatic rings. The minimum Gasteiger partial charge on any atom is -0.507 e. The van der Waals surface area contributed by atoms with Crippen LogP contribution in [0.5, 0.6) is 5.75 Å². The van der Waals surface area contributed by atoms with Gasteiger partial charge in [0, 0.05) is 18.2 Å². The van der Waals surface area contributed by atoms with Crippen molar-refractivity contribution in [2.75, 3.05) is 0 Å². The SMILES string of the molecule is Cc1ccc2nc(C(C#N)=Cc3ccc(-c4cc([N+](=O)[O-])ccc4O)o3)[nH]c2c1. The van der Waals surface area contributed by atoms with E-state index in [1.54, 1.807) is 12.1 Å². The van der Waals surface area contributed by atoms with Crippen molar-refractivity contribution in [1.82, 2.24) is 9.97 Å². The van der Waals surface area contributed by atoms with Crippen LogP contribution in [-0.2, 0) is 0 Å². The molecule has 142 valence electrons. The van der Waals surface area contributed by atoms with Crippen LogP contribution in [0.2, 0.25) is 0 Å². The van der Waals surface area contributed by atoms with Gasteiger partial charge in [0.1, 0.15) is 29.2 Å². The van der Waals surface area contributed by atoms with E-state index in [9.17, 15) is 20.5 Å². The lowest BCUT2D eigenvalue weighted by molar-refractivity contribution is -0.384. The van der Waals surface area contributed by atoms with Crippen LogP contribution in [0, 0.1) is 28.4 Å². The lowest BCUT2D eigenvalue weighted by atomic mass is 10.1. The van der Waals surface area contributed by atoms with Crippen LogP contribution in [0.1, 0.15) is 17.1 Å². The van der Waals surface area contributed by atoms with E-state index < -0.39 is 4.92 Å². The summed E-state index contributed by atoms with van der Waals surface area (Å²) in [6, 6.07) is 14.7. The van der Waals surface area contributed by atoms with Crippen LogP contribution in [0.4, 0.5) is 5.69 Å². The van der Waals surface area contributed by atoms with Gasteiger partial charge in [0.25, 0.3) is 5.69 Å². The van der Waals surface area contributed by atoms with Gasteiger partial charge in [-0.15, -0.1) is 0 Å². The quantitative estimate of drug-likeness (QED) is 0.294. The van der Waals surface area contributed by atoms with Crippen molar-refractivity contribution in [3.05, 3.63) is 75.8 Å². The summed E-state index contributed by atoms with van der Waals surface area (Å²) >= 11 is 0. The van der Waals surface area contributed by atoms with E-state index in [1.807, 2.05) is 25.1 Å². The number of rotatable bonds is 4. The van der Waals surface area contributed by atoms with Gasteiger partial charge in [0.15, 0.2) is 0 Å². The first-order chi connectivity index (χ1) is 13.9. The maximum atomic E-state index is 11.0. The second-order valence-electron chi connectivity index (χ2n) is 6.44. The summed E-state index contributed by atoms with van der Waals surface area (Å²) < 4.78 is 5.68. The number of hydrogen-bond donors (Lipinski definition) is 2. The number of aromatic amines is 1. The number of allylic oxidation sites excluding steroid dienone is 1. The molecule has 0 aliphatic carbocycles. The highest BCUT2D eigenvalue weighted by molar-refractivity contribution is 5.90. The molecule has 2 N–H and O–H groups in total. The predicted octanol–water partition coefficient (Wildman–Crippen LogP) is 4.81. The summed E-state index contributed by atoms with van der Waals surface area (Å²) in [7, 11) is 0. The van der Waals surface area contributed by atoms with E-state index in [-0.39, 0.29) is 28.3 Å². The fraction of sp³-hybridized carbons (Fsp3) is 0.0476. The number of imidazole rings is 1. The van der Waals surface area contributed by atoms with Crippen LogP contribution in [0.15, 0.2) is 52.9 Å². The fourth-order valence-electron chi connectivity index (χ4n) is 2.96. The summed E-state index contributed by atoms with van der Waals surface area (Å²) in [4.78, 5) is 18.0. The molecule has 0 atom stereocenters. The Labute approximate surface area is 164 Å². The lowest BCUT2D eigenvalue weighted by Crippen LogP contribution is -1.88. The van der Waals surface area contributed by atoms with Gasteiger partial charge >= 0.3 is 0 Å². The van der Waals surface area contributed by atoms with Crippen LogP contribution in [-0.4, -0.2) is 20.0 Å². The molecule has 0 aliphatic heterocycles. The molecule has 0 saturated carbocycles. The Balaban J connectivity index is 1.71. The number of phenols is 1. The summed E-state index contributed by atoms with van der Waals surface area (Å²) in [5, 5.41) is 30.5. The first-order valence-corrected chi connectivity index (χ1v) is 8.61. The lowest BCUT2D eigenvalue weighted by Gasteiger charge is -2.01. The van der Waals surface area contributed by atoms with E-state index in [0.29, 0.717) is 11.6 Å². The van der Waals surface area contributed by atoms with Crippen LogP contribution in [0.25, 0.3) is 34.0 Å². The number of nitrogens with zero attached hydrogens (tertiary/aromatic N) is 3. The highest BCUT2D eigenvalue weighted by Crippen LogP contribution is 2.34. The van der Waals surface area contributed by atoms with Gasteiger partial charge in [-0.3, -0.25) is 10.1 Å². The molecule has 4 aromatic rings. The number of non-ortho nitro benzene ring substituents is 1. The Morgan fingerprint density at radius 3 is 2.86 bits per heavy atom. The van der Waals surface area contributed by atoms with Gasteiger partial charge in [-0.2, -0.15) is 5.26 Å².